The average Bonchev–Trinajstić information content (AvgIpc) is 2.61. The van der Waals surface area contributed by atoms with E-state index in [2.05, 4.69) is 0 Å². The molecular formula is C20H21NO4. The summed E-state index contributed by atoms with van der Waals surface area (Å²) in [7, 11) is 0. The maximum atomic E-state index is 12.3. The van der Waals surface area contributed by atoms with Gasteiger partial charge in [0.15, 0.2) is 0 Å². The van der Waals surface area contributed by atoms with Gasteiger partial charge < -0.3 is 14.9 Å². The maximum Gasteiger partial charge on any atom is 0.343 e. The lowest BCUT2D eigenvalue weighted by atomic mass is 9.95. The van der Waals surface area contributed by atoms with Crippen LogP contribution in [-0.2, 0) is 6.42 Å². The Bertz CT molecular complexity index is 820. The van der Waals surface area contributed by atoms with Crippen molar-refractivity contribution >= 4 is 5.97 Å². The Morgan fingerprint density at radius 3 is 2.48 bits per heavy atom. The van der Waals surface area contributed by atoms with Gasteiger partial charge in [-0.25, -0.2) is 4.79 Å². The largest absolute Gasteiger partial charge is 0.507 e. The molecule has 130 valence electrons. The minimum Gasteiger partial charge on any atom is -0.507 e. The summed E-state index contributed by atoms with van der Waals surface area (Å²) in [5, 5.41) is 29.1. The van der Waals surface area contributed by atoms with Gasteiger partial charge in [0.2, 0.25) is 0 Å². The fourth-order valence-electron chi connectivity index (χ4n) is 2.40. The number of aryl methyl sites for hydroxylation is 1. The molecule has 2 aromatic carbocycles. The second-order valence-corrected chi connectivity index (χ2v) is 6.27. The van der Waals surface area contributed by atoms with Gasteiger partial charge in [-0.3, -0.25) is 0 Å². The third-order valence-electron chi connectivity index (χ3n) is 4.23. The van der Waals surface area contributed by atoms with E-state index in [0.717, 1.165) is 0 Å². The molecule has 2 rings (SSSR count). The Balaban J connectivity index is 2.29. The molecule has 0 amide bonds. The predicted molar refractivity (Wildman–Crippen MR) is 93.5 cm³/mol. The van der Waals surface area contributed by atoms with Gasteiger partial charge in [0, 0.05) is 0 Å². The first-order valence-electron chi connectivity index (χ1n) is 7.98. The normalized spacial score (nSPS) is 12.9. The number of esters is 1. The molecule has 2 aromatic rings. The van der Waals surface area contributed by atoms with Crippen molar-refractivity contribution in [2.24, 2.45) is 0 Å². The van der Waals surface area contributed by atoms with E-state index < -0.39 is 11.6 Å². The van der Waals surface area contributed by atoms with E-state index in [1.54, 1.807) is 44.2 Å². The molecule has 0 radical (unpaired) electrons. The van der Waals surface area contributed by atoms with Crippen LogP contribution in [0.3, 0.4) is 0 Å². The van der Waals surface area contributed by atoms with Crippen molar-refractivity contribution in [2.45, 2.75) is 39.2 Å². The third kappa shape index (κ3) is 4.37. The van der Waals surface area contributed by atoms with Crippen LogP contribution >= 0.6 is 0 Å². The van der Waals surface area contributed by atoms with E-state index in [-0.39, 0.29) is 18.6 Å². The van der Waals surface area contributed by atoms with E-state index in [9.17, 15) is 15.0 Å². The Labute approximate surface area is 147 Å². The minimum atomic E-state index is -1.48. The predicted octanol–water partition coefficient (Wildman–Crippen LogP) is 3.44. The van der Waals surface area contributed by atoms with Gasteiger partial charge in [-0.05, 0) is 68.5 Å². The first-order valence-corrected chi connectivity index (χ1v) is 7.98. The molecule has 0 fully saturated rings. The number of carbonyl (C=O) groups is 1. The Kier molecular flexibility index (Phi) is 5.45. The third-order valence-corrected chi connectivity index (χ3v) is 4.23. The summed E-state index contributed by atoms with van der Waals surface area (Å²) in [6, 6.07) is 12.0. The van der Waals surface area contributed by atoms with Crippen LogP contribution in [0.4, 0.5) is 0 Å². The van der Waals surface area contributed by atoms with E-state index >= 15 is 0 Å². The smallest absolute Gasteiger partial charge is 0.343 e. The SMILES string of the molecule is Cc1c(OC(=O)c2ccccc2)cc(CCC(C)(O)C#N)c(O)c1C. The minimum absolute atomic E-state index is 0.0887. The molecule has 0 heterocycles. The summed E-state index contributed by atoms with van der Waals surface area (Å²) in [5.41, 5.74) is 0.741. The van der Waals surface area contributed by atoms with Crippen LogP contribution in [0.2, 0.25) is 0 Å². The first kappa shape index (κ1) is 18.5. The summed E-state index contributed by atoms with van der Waals surface area (Å²) in [6.07, 6.45) is 0.440. The fraction of sp³-hybridized carbons (Fsp3) is 0.300. The Morgan fingerprint density at radius 2 is 1.88 bits per heavy atom. The molecule has 5 nitrogen and oxygen atoms in total. The molecule has 5 heteroatoms. The van der Waals surface area contributed by atoms with Crippen LogP contribution in [-0.4, -0.2) is 21.8 Å². The molecule has 25 heavy (non-hydrogen) atoms. The molecule has 0 aliphatic carbocycles. The second kappa shape index (κ2) is 7.37. The molecule has 0 aromatic heterocycles. The Morgan fingerprint density at radius 1 is 1.24 bits per heavy atom. The number of rotatable bonds is 5. The van der Waals surface area contributed by atoms with Crippen molar-refractivity contribution in [2.75, 3.05) is 0 Å². The zero-order chi connectivity index (χ0) is 18.6. The highest BCUT2D eigenvalue weighted by atomic mass is 16.5. The number of hydrogen-bond acceptors (Lipinski definition) is 5. The molecule has 0 spiro atoms. The number of phenolic OH excluding ortho intramolecular Hbond substituents is 1. The fourth-order valence-corrected chi connectivity index (χ4v) is 2.40. The second-order valence-electron chi connectivity index (χ2n) is 6.27. The number of hydrogen-bond donors (Lipinski definition) is 2. The van der Waals surface area contributed by atoms with E-state index in [1.165, 1.54) is 6.92 Å². The van der Waals surface area contributed by atoms with E-state index in [0.29, 0.717) is 28.0 Å². The molecule has 0 aliphatic heterocycles. The number of carbonyl (C=O) groups excluding carboxylic acids is 1. The topological polar surface area (TPSA) is 90.5 Å². The maximum absolute atomic E-state index is 12.3. The van der Waals surface area contributed by atoms with Gasteiger partial charge in [0.1, 0.15) is 17.1 Å². The molecule has 0 saturated heterocycles. The highest BCUT2D eigenvalue weighted by Gasteiger charge is 2.22. The molecule has 0 aliphatic rings. The van der Waals surface area contributed by atoms with Crippen molar-refractivity contribution in [3.63, 3.8) is 0 Å². The van der Waals surface area contributed by atoms with E-state index in [4.69, 9.17) is 10.00 Å². The van der Waals surface area contributed by atoms with Crippen LogP contribution in [0.1, 0.15) is 40.4 Å². The average molecular weight is 339 g/mol. The summed E-state index contributed by atoms with van der Waals surface area (Å²) in [5.74, 6) is -0.0368. The number of ether oxygens (including phenoxy) is 1. The monoisotopic (exact) mass is 339 g/mol. The van der Waals surface area contributed by atoms with Crippen molar-refractivity contribution in [1.29, 1.82) is 5.26 Å². The van der Waals surface area contributed by atoms with Gasteiger partial charge in [-0.1, -0.05) is 18.2 Å². The summed E-state index contributed by atoms with van der Waals surface area (Å²) in [6.45, 7) is 4.91. The van der Waals surface area contributed by atoms with Gasteiger partial charge >= 0.3 is 5.97 Å². The van der Waals surface area contributed by atoms with Crippen molar-refractivity contribution in [3.8, 4) is 17.6 Å². The zero-order valence-electron chi connectivity index (χ0n) is 14.5. The van der Waals surface area contributed by atoms with Crippen LogP contribution < -0.4 is 4.74 Å². The lowest BCUT2D eigenvalue weighted by Crippen LogP contribution is -2.22. The lowest BCUT2D eigenvalue weighted by Gasteiger charge is -2.17. The summed E-state index contributed by atoms with van der Waals surface area (Å²) >= 11 is 0. The lowest BCUT2D eigenvalue weighted by molar-refractivity contribution is 0.0732. The van der Waals surface area contributed by atoms with Crippen LogP contribution in [0, 0.1) is 25.2 Å². The number of aromatic hydroxyl groups is 1. The van der Waals surface area contributed by atoms with Crippen LogP contribution in [0.5, 0.6) is 11.5 Å². The number of benzene rings is 2. The molecule has 1 unspecified atom stereocenters. The van der Waals surface area contributed by atoms with Crippen LogP contribution in [0.25, 0.3) is 0 Å². The summed E-state index contributed by atoms with van der Waals surface area (Å²) in [4.78, 5) is 12.3. The molecular weight excluding hydrogens is 318 g/mol. The number of nitrogens with zero attached hydrogens (tertiary/aromatic N) is 1. The molecule has 0 bridgehead atoms. The standard InChI is InChI=1S/C20H21NO4/c1-13-14(2)18(22)16(9-10-20(3,24)12-21)11-17(13)25-19(23)15-7-5-4-6-8-15/h4-8,11,22,24H,9-10H2,1-3H3. The highest BCUT2D eigenvalue weighted by molar-refractivity contribution is 5.91. The van der Waals surface area contributed by atoms with Crippen molar-refractivity contribution in [3.05, 3.63) is 58.7 Å². The van der Waals surface area contributed by atoms with Crippen molar-refractivity contribution in [1.82, 2.24) is 0 Å². The number of phenols is 1. The molecule has 1 atom stereocenters. The van der Waals surface area contributed by atoms with E-state index in [1.807, 2.05) is 12.1 Å². The Hall–Kier alpha value is -2.84. The molecule has 2 N–H and O–H groups in total. The van der Waals surface area contributed by atoms with Gasteiger partial charge in [0.25, 0.3) is 0 Å². The molecule has 0 saturated carbocycles. The number of nitriles is 1. The quantitative estimate of drug-likeness (QED) is 0.495. The van der Waals surface area contributed by atoms with Gasteiger partial charge in [-0.2, -0.15) is 5.26 Å². The summed E-state index contributed by atoms with van der Waals surface area (Å²) < 4.78 is 5.49. The first-order chi connectivity index (χ1) is 11.7. The zero-order valence-corrected chi connectivity index (χ0v) is 14.5. The number of aliphatic hydroxyl groups is 1. The van der Waals surface area contributed by atoms with Gasteiger partial charge in [0.05, 0.1) is 11.6 Å². The van der Waals surface area contributed by atoms with Crippen molar-refractivity contribution < 1.29 is 19.7 Å². The van der Waals surface area contributed by atoms with Crippen LogP contribution in [0.15, 0.2) is 36.4 Å². The highest BCUT2D eigenvalue weighted by Crippen LogP contribution is 2.34. The van der Waals surface area contributed by atoms with Gasteiger partial charge in [-0.15, -0.1) is 0 Å².